The molecule has 0 radical (unpaired) electrons. The number of nitrogens with zero attached hydrogens (tertiary/aromatic N) is 1. The van der Waals surface area contributed by atoms with Crippen LogP contribution < -0.4 is 5.32 Å². The predicted octanol–water partition coefficient (Wildman–Crippen LogP) is 2.19. The highest BCUT2D eigenvalue weighted by molar-refractivity contribution is 7.85. The number of nitrogens with one attached hydrogen (secondary N) is 1. The van der Waals surface area contributed by atoms with E-state index in [4.69, 9.17) is 4.42 Å². The number of hydrogen-bond acceptors (Lipinski definition) is 4. The van der Waals surface area contributed by atoms with Gasteiger partial charge in [-0.25, -0.2) is 13.8 Å². The minimum Gasteiger partial charge on any atom is -0.441 e. The molecular formula is C16H16F2N2O3S. The van der Waals surface area contributed by atoms with Crippen molar-refractivity contribution in [3.05, 3.63) is 41.9 Å². The Labute approximate surface area is 139 Å². The number of oxazole rings is 1. The van der Waals surface area contributed by atoms with Crippen molar-refractivity contribution in [3.8, 4) is 11.3 Å². The highest BCUT2D eigenvalue weighted by Gasteiger charge is 2.22. The van der Waals surface area contributed by atoms with Crippen LogP contribution in [-0.2, 0) is 22.0 Å². The molecule has 1 aromatic heterocycles. The second kappa shape index (κ2) is 7.21. The summed E-state index contributed by atoms with van der Waals surface area (Å²) in [6, 6.07) is 3.16. The summed E-state index contributed by atoms with van der Waals surface area (Å²) in [4.78, 5) is 15.9. The molecule has 1 saturated heterocycles. The van der Waals surface area contributed by atoms with E-state index in [9.17, 15) is 17.8 Å². The molecule has 2 atom stereocenters. The van der Waals surface area contributed by atoms with Crippen LogP contribution in [0.1, 0.15) is 18.7 Å². The average molecular weight is 354 g/mol. The minimum atomic E-state index is -0.839. The summed E-state index contributed by atoms with van der Waals surface area (Å²) in [6.45, 7) is 0. The maximum Gasteiger partial charge on any atom is 0.220 e. The zero-order chi connectivity index (χ0) is 17.1. The zero-order valence-corrected chi connectivity index (χ0v) is 13.6. The fraction of sp³-hybridized carbons (Fsp3) is 0.375. The normalized spacial score (nSPS) is 20.2. The van der Waals surface area contributed by atoms with Crippen molar-refractivity contribution in [2.24, 2.45) is 0 Å². The van der Waals surface area contributed by atoms with E-state index in [2.05, 4.69) is 10.3 Å². The number of aromatic nitrogens is 1. The molecule has 5 nitrogen and oxygen atoms in total. The van der Waals surface area contributed by atoms with Crippen molar-refractivity contribution >= 4 is 16.7 Å². The molecular weight excluding hydrogens is 338 g/mol. The molecule has 0 unspecified atom stereocenters. The molecule has 1 N–H and O–H groups in total. The SMILES string of the molecule is O=C(CCc1ncc(-c2ccc(F)cc2F)o1)N[C@H]1CC[S@](=O)C1. The molecule has 1 amide bonds. The number of carbonyl (C=O) groups is 1. The molecule has 1 fully saturated rings. The van der Waals surface area contributed by atoms with Gasteiger partial charge in [0.1, 0.15) is 11.6 Å². The van der Waals surface area contributed by atoms with Crippen LogP contribution in [0.5, 0.6) is 0 Å². The van der Waals surface area contributed by atoms with Crippen LogP contribution in [0.3, 0.4) is 0 Å². The third-order valence-corrected chi connectivity index (χ3v) is 5.23. The Morgan fingerprint density at radius 3 is 2.96 bits per heavy atom. The standard InChI is InChI=1S/C16H16F2N2O3S/c17-10-1-2-12(13(18)7-10)14-8-19-16(23-14)4-3-15(21)20-11-5-6-24(22)9-11/h1-2,7-8,11H,3-6,9H2,(H,20,21)/t11-,24-/m0/s1. The van der Waals surface area contributed by atoms with Gasteiger partial charge in [0.2, 0.25) is 5.91 Å². The number of halogens is 2. The van der Waals surface area contributed by atoms with E-state index in [1.54, 1.807) is 0 Å². The highest BCUT2D eigenvalue weighted by atomic mass is 32.2. The molecule has 8 heteroatoms. The van der Waals surface area contributed by atoms with E-state index in [0.717, 1.165) is 18.6 Å². The van der Waals surface area contributed by atoms with Crippen LogP contribution in [0.15, 0.2) is 28.8 Å². The Morgan fingerprint density at radius 2 is 2.25 bits per heavy atom. The first-order valence-corrected chi connectivity index (χ1v) is 9.04. The van der Waals surface area contributed by atoms with Crippen LogP contribution in [0.25, 0.3) is 11.3 Å². The molecule has 1 aliphatic heterocycles. The number of carbonyl (C=O) groups excluding carboxylic acids is 1. The Balaban J connectivity index is 1.56. The van der Waals surface area contributed by atoms with Crippen LogP contribution in [0.4, 0.5) is 8.78 Å². The van der Waals surface area contributed by atoms with E-state index in [0.29, 0.717) is 17.4 Å². The minimum absolute atomic E-state index is 0.0354. The van der Waals surface area contributed by atoms with Gasteiger partial charge < -0.3 is 9.73 Å². The maximum absolute atomic E-state index is 13.7. The Hall–Kier alpha value is -2.09. The van der Waals surface area contributed by atoms with E-state index < -0.39 is 22.4 Å². The monoisotopic (exact) mass is 354 g/mol. The molecule has 1 aliphatic rings. The number of benzene rings is 1. The topological polar surface area (TPSA) is 72.2 Å². The molecule has 0 aliphatic carbocycles. The number of aryl methyl sites for hydroxylation is 1. The summed E-state index contributed by atoms with van der Waals surface area (Å²) in [5.74, 6) is 0.0560. The fourth-order valence-electron chi connectivity index (χ4n) is 2.54. The zero-order valence-electron chi connectivity index (χ0n) is 12.8. The Kier molecular flexibility index (Phi) is 5.03. The molecule has 128 valence electrons. The van der Waals surface area contributed by atoms with Crippen molar-refractivity contribution in [1.82, 2.24) is 10.3 Å². The highest BCUT2D eigenvalue weighted by Crippen LogP contribution is 2.24. The van der Waals surface area contributed by atoms with Gasteiger partial charge in [-0.1, -0.05) is 0 Å². The van der Waals surface area contributed by atoms with Crippen molar-refractivity contribution in [2.75, 3.05) is 11.5 Å². The molecule has 1 aromatic carbocycles. The van der Waals surface area contributed by atoms with E-state index in [1.165, 1.54) is 12.3 Å². The van der Waals surface area contributed by atoms with Crippen LogP contribution in [0.2, 0.25) is 0 Å². The van der Waals surface area contributed by atoms with Crippen LogP contribution in [-0.4, -0.2) is 32.6 Å². The Morgan fingerprint density at radius 1 is 1.42 bits per heavy atom. The second-order valence-corrected chi connectivity index (χ2v) is 7.23. The first-order valence-electron chi connectivity index (χ1n) is 7.56. The Bertz CT molecular complexity index is 778. The van der Waals surface area contributed by atoms with Crippen LogP contribution >= 0.6 is 0 Å². The number of amides is 1. The first kappa shape index (κ1) is 16.8. The van der Waals surface area contributed by atoms with E-state index >= 15 is 0 Å². The maximum atomic E-state index is 13.7. The lowest BCUT2D eigenvalue weighted by Crippen LogP contribution is -2.35. The predicted molar refractivity (Wildman–Crippen MR) is 84.6 cm³/mol. The largest absolute Gasteiger partial charge is 0.441 e. The van der Waals surface area contributed by atoms with E-state index in [1.807, 2.05) is 0 Å². The van der Waals surface area contributed by atoms with Gasteiger partial charge in [0.25, 0.3) is 0 Å². The van der Waals surface area contributed by atoms with Crippen LogP contribution in [0, 0.1) is 11.6 Å². The summed E-state index contributed by atoms with van der Waals surface area (Å²) in [6.07, 6.45) is 2.52. The van der Waals surface area contributed by atoms with Gasteiger partial charge in [-0.05, 0) is 18.6 Å². The van der Waals surface area contributed by atoms with Gasteiger partial charge in [0.15, 0.2) is 11.7 Å². The van der Waals surface area contributed by atoms with Crippen molar-refractivity contribution in [2.45, 2.75) is 25.3 Å². The number of rotatable bonds is 5. The molecule has 0 spiro atoms. The second-order valence-electron chi connectivity index (χ2n) is 5.61. The summed E-state index contributed by atoms with van der Waals surface area (Å²) < 4.78 is 43.3. The summed E-state index contributed by atoms with van der Waals surface area (Å²) in [5, 5.41) is 2.83. The average Bonchev–Trinajstić information content (AvgIpc) is 3.14. The first-order chi connectivity index (χ1) is 11.5. The lowest BCUT2D eigenvalue weighted by molar-refractivity contribution is -0.121. The lowest BCUT2D eigenvalue weighted by atomic mass is 10.2. The van der Waals surface area contributed by atoms with Gasteiger partial charge in [-0.3, -0.25) is 9.00 Å². The van der Waals surface area contributed by atoms with Crippen molar-refractivity contribution in [3.63, 3.8) is 0 Å². The summed E-state index contributed by atoms with van der Waals surface area (Å²) in [7, 11) is -0.839. The fourth-order valence-corrected chi connectivity index (χ4v) is 3.95. The molecule has 2 aromatic rings. The van der Waals surface area contributed by atoms with Crippen molar-refractivity contribution in [1.29, 1.82) is 0 Å². The summed E-state index contributed by atoms with van der Waals surface area (Å²) in [5.41, 5.74) is 0.119. The van der Waals surface area contributed by atoms with Gasteiger partial charge in [0, 0.05) is 47.3 Å². The molecule has 0 saturated carbocycles. The quantitative estimate of drug-likeness (QED) is 0.893. The molecule has 24 heavy (non-hydrogen) atoms. The summed E-state index contributed by atoms with van der Waals surface area (Å²) >= 11 is 0. The number of hydrogen-bond donors (Lipinski definition) is 1. The van der Waals surface area contributed by atoms with Gasteiger partial charge in [-0.15, -0.1) is 0 Å². The smallest absolute Gasteiger partial charge is 0.220 e. The van der Waals surface area contributed by atoms with Gasteiger partial charge >= 0.3 is 0 Å². The molecule has 2 heterocycles. The van der Waals surface area contributed by atoms with E-state index in [-0.39, 0.29) is 36.1 Å². The third-order valence-electron chi connectivity index (χ3n) is 3.76. The molecule has 0 bridgehead atoms. The van der Waals surface area contributed by atoms with Gasteiger partial charge in [0.05, 0.1) is 11.8 Å². The lowest BCUT2D eigenvalue weighted by Gasteiger charge is -2.09. The van der Waals surface area contributed by atoms with Gasteiger partial charge in [-0.2, -0.15) is 0 Å². The van der Waals surface area contributed by atoms with Crippen molar-refractivity contribution < 1.29 is 22.2 Å². The third kappa shape index (κ3) is 4.05. The molecule has 3 rings (SSSR count).